The predicted octanol–water partition coefficient (Wildman–Crippen LogP) is 4.17. The molecular formula is C27H22N2O4. The Kier molecular flexibility index (Phi) is 4.21. The minimum absolute atomic E-state index is 0.191. The average molecular weight is 438 g/mol. The zero-order valence-corrected chi connectivity index (χ0v) is 18.3. The number of amides is 2. The van der Waals surface area contributed by atoms with Gasteiger partial charge in [-0.25, -0.2) is 4.90 Å². The van der Waals surface area contributed by atoms with E-state index >= 15 is 0 Å². The van der Waals surface area contributed by atoms with Crippen LogP contribution in [0.15, 0.2) is 71.4 Å². The number of hydrogen-bond acceptors (Lipinski definition) is 5. The lowest BCUT2D eigenvalue weighted by Gasteiger charge is -2.36. The summed E-state index contributed by atoms with van der Waals surface area (Å²) >= 11 is 0. The first-order valence-corrected chi connectivity index (χ1v) is 11.1. The van der Waals surface area contributed by atoms with Crippen molar-refractivity contribution in [2.45, 2.75) is 25.9 Å². The Bertz CT molecular complexity index is 1340. The van der Waals surface area contributed by atoms with Gasteiger partial charge < -0.3 is 9.32 Å². The molecule has 33 heavy (non-hydrogen) atoms. The van der Waals surface area contributed by atoms with Gasteiger partial charge in [-0.05, 0) is 49.2 Å². The molecule has 0 unspecified atom stereocenters. The number of carbonyl (C=O) groups excluding carboxylic acids is 3. The van der Waals surface area contributed by atoms with E-state index in [4.69, 9.17) is 4.42 Å². The van der Waals surface area contributed by atoms with E-state index in [-0.39, 0.29) is 29.4 Å². The third-order valence-electron chi connectivity index (χ3n) is 7.04. The standard InChI is InChI=1S/C27H22N2O4/c1-15-9-11-18(16(2)14-15)29-26(31)22-20-12-10-17-6-3-4-7-19(17)28(20)24(23(22)27(29)32)25(30)21-8-5-13-33-21/h3-14,20,22-24H,1-2H3/t20-,22-,23-,24+/m0/s1. The molecule has 0 saturated carbocycles. The number of furan rings is 1. The number of carbonyl (C=O) groups is 3. The molecule has 6 rings (SSSR count). The van der Waals surface area contributed by atoms with Gasteiger partial charge in [0.15, 0.2) is 5.76 Å². The van der Waals surface area contributed by atoms with Crippen molar-refractivity contribution in [3.05, 3.63) is 89.4 Å². The lowest BCUT2D eigenvalue weighted by Crippen LogP contribution is -2.48. The van der Waals surface area contributed by atoms with Gasteiger partial charge in [0.1, 0.15) is 6.04 Å². The van der Waals surface area contributed by atoms with Crippen LogP contribution >= 0.6 is 0 Å². The maximum absolute atomic E-state index is 13.8. The van der Waals surface area contributed by atoms with Crippen molar-refractivity contribution in [2.75, 3.05) is 9.80 Å². The van der Waals surface area contributed by atoms with Crippen LogP contribution < -0.4 is 9.80 Å². The van der Waals surface area contributed by atoms with Crippen molar-refractivity contribution in [3.63, 3.8) is 0 Å². The van der Waals surface area contributed by atoms with Crippen molar-refractivity contribution in [3.8, 4) is 0 Å². The molecule has 2 saturated heterocycles. The van der Waals surface area contributed by atoms with E-state index in [1.807, 2.05) is 73.4 Å². The molecule has 4 heterocycles. The minimum Gasteiger partial charge on any atom is -0.461 e. The molecule has 2 aromatic carbocycles. The molecule has 2 amide bonds. The topological polar surface area (TPSA) is 70.8 Å². The summed E-state index contributed by atoms with van der Waals surface area (Å²) in [6.45, 7) is 3.87. The van der Waals surface area contributed by atoms with Crippen molar-refractivity contribution < 1.29 is 18.8 Å². The minimum atomic E-state index is -0.829. The first-order chi connectivity index (χ1) is 16.0. The highest BCUT2D eigenvalue weighted by atomic mass is 16.3. The number of nitrogens with zero attached hydrogens (tertiary/aromatic N) is 2. The number of fused-ring (bicyclic) bond motifs is 5. The zero-order valence-electron chi connectivity index (χ0n) is 18.3. The number of rotatable bonds is 3. The van der Waals surface area contributed by atoms with E-state index < -0.39 is 17.9 Å². The second kappa shape index (κ2) is 7.04. The number of benzene rings is 2. The third kappa shape index (κ3) is 2.70. The second-order valence-electron chi connectivity index (χ2n) is 8.96. The molecule has 2 fully saturated rings. The van der Waals surface area contributed by atoms with Gasteiger partial charge in [-0.2, -0.15) is 0 Å². The molecular weight excluding hydrogens is 416 g/mol. The van der Waals surface area contributed by atoms with E-state index in [1.165, 1.54) is 11.2 Å². The van der Waals surface area contributed by atoms with Crippen LogP contribution in [0, 0.1) is 25.7 Å². The van der Waals surface area contributed by atoms with Crippen molar-refractivity contribution in [1.29, 1.82) is 0 Å². The molecule has 3 aliphatic rings. The van der Waals surface area contributed by atoms with Gasteiger partial charge in [0.2, 0.25) is 17.6 Å². The molecule has 4 atom stereocenters. The van der Waals surface area contributed by atoms with Gasteiger partial charge in [-0.15, -0.1) is 0 Å². The lowest BCUT2D eigenvalue weighted by molar-refractivity contribution is -0.122. The van der Waals surface area contributed by atoms with Crippen LogP contribution in [0.3, 0.4) is 0 Å². The first-order valence-electron chi connectivity index (χ1n) is 11.1. The number of Topliss-reactive ketones (excluding diaryl/α,β-unsaturated/α-hetero) is 1. The quantitative estimate of drug-likeness (QED) is 0.453. The number of anilines is 2. The Balaban J connectivity index is 1.51. The van der Waals surface area contributed by atoms with Crippen LogP contribution in [0.2, 0.25) is 0 Å². The molecule has 3 aliphatic heterocycles. The lowest BCUT2D eigenvalue weighted by atomic mass is 9.87. The van der Waals surface area contributed by atoms with Crippen LogP contribution in [0.25, 0.3) is 6.08 Å². The van der Waals surface area contributed by atoms with Gasteiger partial charge >= 0.3 is 0 Å². The van der Waals surface area contributed by atoms with E-state index in [0.29, 0.717) is 5.69 Å². The third-order valence-corrected chi connectivity index (χ3v) is 7.04. The second-order valence-corrected chi connectivity index (χ2v) is 8.96. The molecule has 0 bridgehead atoms. The fourth-order valence-electron chi connectivity index (χ4n) is 5.67. The van der Waals surface area contributed by atoms with E-state index in [9.17, 15) is 14.4 Å². The molecule has 1 aromatic heterocycles. The first kappa shape index (κ1) is 19.7. The molecule has 3 aromatic rings. The van der Waals surface area contributed by atoms with Gasteiger partial charge in [0, 0.05) is 5.69 Å². The Morgan fingerprint density at radius 2 is 1.70 bits per heavy atom. The maximum atomic E-state index is 13.8. The number of hydrogen-bond donors (Lipinski definition) is 0. The highest BCUT2D eigenvalue weighted by Gasteiger charge is 2.64. The van der Waals surface area contributed by atoms with Crippen molar-refractivity contribution >= 4 is 35.0 Å². The molecule has 0 aliphatic carbocycles. The van der Waals surface area contributed by atoms with E-state index in [1.54, 1.807) is 12.1 Å². The highest BCUT2D eigenvalue weighted by Crippen LogP contribution is 2.50. The Labute approximate surface area is 191 Å². The van der Waals surface area contributed by atoms with Crippen LogP contribution in [0.4, 0.5) is 11.4 Å². The fraction of sp³-hybridized carbons (Fsp3) is 0.222. The van der Waals surface area contributed by atoms with Crippen LogP contribution in [0.5, 0.6) is 0 Å². The van der Waals surface area contributed by atoms with E-state index in [0.717, 1.165) is 22.4 Å². The largest absolute Gasteiger partial charge is 0.461 e. The molecule has 0 radical (unpaired) electrons. The summed E-state index contributed by atoms with van der Waals surface area (Å²) in [5, 5.41) is 0. The van der Waals surface area contributed by atoms with Gasteiger partial charge in [-0.3, -0.25) is 14.4 Å². The summed E-state index contributed by atoms with van der Waals surface area (Å²) in [6.07, 6.45) is 5.38. The monoisotopic (exact) mass is 438 g/mol. The molecule has 6 heteroatoms. The summed E-state index contributed by atoms with van der Waals surface area (Å²) in [7, 11) is 0. The Morgan fingerprint density at radius 3 is 2.45 bits per heavy atom. The van der Waals surface area contributed by atoms with Gasteiger partial charge in [0.25, 0.3) is 0 Å². The maximum Gasteiger partial charge on any atom is 0.240 e. The summed E-state index contributed by atoms with van der Waals surface area (Å²) < 4.78 is 5.43. The Hall–Kier alpha value is -3.93. The van der Waals surface area contributed by atoms with Crippen LogP contribution in [-0.4, -0.2) is 29.7 Å². The highest BCUT2D eigenvalue weighted by molar-refractivity contribution is 6.25. The molecule has 164 valence electrons. The number of imide groups is 1. The predicted molar refractivity (Wildman–Crippen MR) is 124 cm³/mol. The number of ketones is 1. The van der Waals surface area contributed by atoms with Gasteiger partial charge in [-0.1, -0.05) is 48.0 Å². The molecule has 0 spiro atoms. The number of para-hydroxylation sites is 1. The summed E-state index contributed by atoms with van der Waals surface area (Å²) in [6, 6.07) is 15.5. The fourth-order valence-corrected chi connectivity index (χ4v) is 5.67. The SMILES string of the molecule is Cc1ccc(N2C(=O)[C@@H]3[C@H](C2=O)[C@H](C(=O)c2ccco2)N2c4ccccc4C=C[C@@H]32)c(C)c1. The van der Waals surface area contributed by atoms with Gasteiger partial charge in [0.05, 0.1) is 29.8 Å². The molecule has 0 N–H and O–H groups in total. The normalized spacial score (nSPS) is 25.3. The van der Waals surface area contributed by atoms with Crippen molar-refractivity contribution in [1.82, 2.24) is 0 Å². The number of aryl methyl sites for hydroxylation is 2. The Morgan fingerprint density at radius 1 is 0.909 bits per heavy atom. The van der Waals surface area contributed by atoms with Crippen LogP contribution in [0.1, 0.15) is 27.2 Å². The average Bonchev–Trinajstić information content (AvgIpc) is 3.51. The summed E-state index contributed by atoms with van der Waals surface area (Å²) in [5.74, 6) is -2.13. The summed E-state index contributed by atoms with van der Waals surface area (Å²) in [5.41, 5.74) is 4.30. The zero-order chi connectivity index (χ0) is 22.9. The van der Waals surface area contributed by atoms with Crippen LogP contribution in [-0.2, 0) is 9.59 Å². The van der Waals surface area contributed by atoms with Crippen molar-refractivity contribution in [2.24, 2.45) is 11.8 Å². The van der Waals surface area contributed by atoms with E-state index in [2.05, 4.69) is 0 Å². The summed E-state index contributed by atoms with van der Waals surface area (Å²) in [4.78, 5) is 44.5. The molecule has 6 nitrogen and oxygen atoms in total. The smallest absolute Gasteiger partial charge is 0.240 e.